The lowest BCUT2D eigenvalue weighted by molar-refractivity contribution is 0.248. The van der Waals surface area contributed by atoms with Crippen LogP contribution in [0.15, 0.2) is 41.7 Å². The second-order valence-corrected chi connectivity index (χ2v) is 2.88. The Bertz CT molecular complexity index is 439. The molecule has 6 heteroatoms. The Morgan fingerprint density at radius 3 is 2.93 bits per heavy atom. The number of hydrogen-bond acceptors (Lipinski definition) is 4. The number of anilines is 1. The number of pyridine rings is 1. The van der Waals surface area contributed by atoms with Gasteiger partial charge in [-0.3, -0.25) is 0 Å². The third-order valence-electron chi connectivity index (χ3n) is 1.87. The van der Waals surface area contributed by atoms with Crippen LogP contribution in [0.4, 0.5) is 10.6 Å². The fourth-order valence-corrected chi connectivity index (χ4v) is 1.16. The molecule has 1 aromatic heterocycles. The van der Waals surface area contributed by atoms with E-state index in [2.05, 4.69) is 22.0 Å². The van der Waals surface area contributed by atoms with E-state index in [0.717, 1.165) is 0 Å². The van der Waals surface area contributed by atoms with Gasteiger partial charge in [0.15, 0.2) is 11.7 Å². The predicted octanol–water partition coefficient (Wildman–Crippen LogP) is 0.397. The van der Waals surface area contributed by atoms with Crippen LogP contribution < -0.4 is 16.2 Å². The number of nitrogens with one attached hydrogen (secondary N) is 1. The number of hydrogen-bond donors (Lipinski definition) is 2. The highest BCUT2D eigenvalue weighted by atomic mass is 16.2. The highest BCUT2D eigenvalue weighted by Crippen LogP contribution is 2.14. The molecule has 0 atom stereocenters. The van der Waals surface area contributed by atoms with Crippen LogP contribution in [0.3, 0.4) is 0 Å². The number of hydrazine groups is 1. The molecular weight excluding hydrogens is 194 g/mol. The molecule has 1 aliphatic rings. The average Bonchev–Trinajstić information content (AvgIpc) is 2.24. The van der Waals surface area contributed by atoms with Crippen LogP contribution in [0.25, 0.3) is 0 Å². The van der Waals surface area contributed by atoms with Gasteiger partial charge in [0.1, 0.15) is 5.70 Å². The molecule has 1 aliphatic heterocycles. The normalized spacial score (nSPS) is 16.0. The summed E-state index contributed by atoms with van der Waals surface area (Å²) in [5, 5.41) is 1.39. The van der Waals surface area contributed by atoms with Gasteiger partial charge in [0, 0.05) is 6.20 Å². The fraction of sp³-hybridized carbons (Fsp3) is 0. The molecule has 0 saturated carbocycles. The summed E-state index contributed by atoms with van der Waals surface area (Å²) in [6.07, 6.45) is 1.61. The third-order valence-corrected chi connectivity index (χ3v) is 1.87. The Kier molecular flexibility index (Phi) is 2.09. The molecule has 2 heterocycles. The first-order valence-electron chi connectivity index (χ1n) is 4.23. The van der Waals surface area contributed by atoms with E-state index in [1.807, 2.05) is 0 Å². The summed E-state index contributed by atoms with van der Waals surface area (Å²) >= 11 is 0. The quantitative estimate of drug-likeness (QED) is 0.691. The lowest BCUT2D eigenvalue weighted by atomic mass is 10.3. The monoisotopic (exact) mass is 203 g/mol. The lowest BCUT2D eigenvalue weighted by Crippen LogP contribution is -2.48. The van der Waals surface area contributed by atoms with Crippen molar-refractivity contribution in [2.45, 2.75) is 0 Å². The summed E-state index contributed by atoms with van der Waals surface area (Å²) in [5.74, 6) is 0.623. The maximum atomic E-state index is 11.1. The van der Waals surface area contributed by atoms with Gasteiger partial charge < -0.3 is 5.73 Å². The summed E-state index contributed by atoms with van der Waals surface area (Å²) in [6, 6.07) is 4.76. The van der Waals surface area contributed by atoms with Crippen LogP contribution in [0.5, 0.6) is 0 Å². The Labute approximate surface area is 86.1 Å². The molecular formula is C9H9N5O. The van der Waals surface area contributed by atoms with Crippen molar-refractivity contribution in [1.82, 2.24) is 10.4 Å². The maximum Gasteiger partial charge on any atom is 0.362 e. The Morgan fingerprint density at radius 1 is 1.47 bits per heavy atom. The largest absolute Gasteiger partial charge is 0.382 e. The first-order chi connectivity index (χ1) is 7.18. The van der Waals surface area contributed by atoms with Gasteiger partial charge in [-0.1, -0.05) is 12.6 Å². The summed E-state index contributed by atoms with van der Waals surface area (Å²) in [6.45, 7) is 3.70. The lowest BCUT2D eigenvalue weighted by Gasteiger charge is -2.27. The van der Waals surface area contributed by atoms with Crippen molar-refractivity contribution in [2.75, 3.05) is 5.01 Å². The molecule has 0 aromatic carbocycles. The van der Waals surface area contributed by atoms with E-state index in [4.69, 9.17) is 5.73 Å². The van der Waals surface area contributed by atoms with Crippen LogP contribution in [0.2, 0.25) is 0 Å². The smallest absolute Gasteiger partial charge is 0.362 e. The van der Waals surface area contributed by atoms with E-state index in [0.29, 0.717) is 11.5 Å². The number of nitrogens with zero attached hydrogens (tertiary/aromatic N) is 3. The number of nitrogens with two attached hydrogens (primary N) is 1. The molecule has 0 spiro atoms. The van der Waals surface area contributed by atoms with Gasteiger partial charge in [0.05, 0.1) is 0 Å². The zero-order valence-corrected chi connectivity index (χ0v) is 7.84. The minimum Gasteiger partial charge on any atom is -0.382 e. The topological polar surface area (TPSA) is 83.6 Å². The molecule has 3 N–H and O–H groups in total. The molecule has 2 amide bonds. The van der Waals surface area contributed by atoms with Crippen molar-refractivity contribution in [3.8, 4) is 0 Å². The van der Waals surface area contributed by atoms with E-state index in [1.54, 1.807) is 24.4 Å². The van der Waals surface area contributed by atoms with Gasteiger partial charge in [0.25, 0.3) is 0 Å². The number of aromatic nitrogens is 1. The van der Waals surface area contributed by atoms with Gasteiger partial charge in [0.2, 0.25) is 0 Å². The van der Waals surface area contributed by atoms with Gasteiger partial charge in [-0.15, -0.1) is 0 Å². The van der Waals surface area contributed by atoms with E-state index in [-0.39, 0.29) is 5.84 Å². The van der Waals surface area contributed by atoms with Crippen molar-refractivity contribution in [3.05, 3.63) is 36.7 Å². The highest BCUT2D eigenvalue weighted by Gasteiger charge is 2.22. The van der Waals surface area contributed by atoms with Crippen molar-refractivity contribution in [3.63, 3.8) is 0 Å². The zero-order valence-electron chi connectivity index (χ0n) is 7.84. The second kappa shape index (κ2) is 3.41. The standard InChI is InChI=1S/C9H9N5O/c1-6-8(10)12-9(15)13-14(6)7-4-2-3-5-11-7/h2-5H,1H2,(H3,10,12,13,15). The Morgan fingerprint density at radius 2 is 2.27 bits per heavy atom. The van der Waals surface area contributed by atoms with Gasteiger partial charge >= 0.3 is 6.03 Å². The number of rotatable bonds is 1. The zero-order chi connectivity index (χ0) is 10.8. The van der Waals surface area contributed by atoms with Crippen LogP contribution >= 0.6 is 0 Å². The van der Waals surface area contributed by atoms with E-state index in [9.17, 15) is 4.79 Å². The molecule has 0 bridgehead atoms. The summed E-state index contributed by atoms with van der Waals surface area (Å²) in [7, 11) is 0. The van der Waals surface area contributed by atoms with Crippen molar-refractivity contribution >= 4 is 17.7 Å². The third kappa shape index (κ3) is 1.64. The first-order valence-corrected chi connectivity index (χ1v) is 4.23. The predicted molar refractivity (Wildman–Crippen MR) is 56.0 cm³/mol. The number of carbonyl (C=O) groups excluding carboxylic acids is 1. The molecule has 0 fully saturated rings. The van der Waals surface area contributed by atoms with E-state index >= 15 is 0 Å². The van der Waals surface area contributed by atoms with Gasteiger partial charge in [-0.2, -0.15) is 4.99 Å². The van der Waals surface area contributed by atoms with E-state index < -0.39 is 6.03 Å². The number of carbonyl (C=O) groups is 1. The summed E-state index contributed by atoms with van der Waals surface area (Å²) in [5.41, 5.74) is 8.39. The molecule has 76 valence electrons. The first kappa shape index (κ1) is 9.20. The molecule has 1 aromatic rings. The molecule has 0 aliphatic carbocycles. The Balaban J connectivity index is 2.36. The molecule has 6 nitrogen and oxygen atoms in total. The van der Waals surface area contributed by atoms with Gasteiger partial charge in [-0.25, -0.2) is 20.2 Å². The Hall–Kier alpha value is -2.37. The van der Waals surface area contributed by atoms with Gasteiger partial charge in [-0.05, 0) is 12.1 Å². The maximum absolute atomic E-state index is 11.1. The SMILES string of the molecule is C=C1C(N)=NC(=O)NN1c1ccccn1. The number of aliphatic imine (C=N–C) groups is 1. The van der Waals surface area contributed by atoms with Crippen molar-refractivity contribution in [1.29, 1.82) is 0 Å². The van der Waals surface area contributed by atoms with Crippen LogP contribution in [0.1, 0.15) is 0 Å². The molecule has 0 radical (unpaired) electrons. The highest BCUT2D eigenvalue weighted by molar-refractivity contribution is 6.08. The molecule has 15 heavy (non-hydrogen) atoms. The number of urea groups is 1. The van der Waals surface area contributed by atoms with Crippen molar-refractivity contribution < 1.29 is 4.79 Å². The summed E-state index contributed by atoms with van der Waals surface area (Å²) < 4.78 is 0. The average molecular weight is 203 g/mol. The number of amidine groups is 1. The van der Waals surface area contributed by atoms with E-state index in [1.165, 1.54) is 5.01 Å². The van der Waals surface area contributed by atoms with Crippen LogP contribution in [-0.2, 0) is 0 Å². The summed E-state index contributed by atoms with van der Waals surface area (Å²) in [4.78, 5) is 18.7. The molecule has 0 unspecified atom stereocenters. The second-order valence-electron chi connectivity index (χ2n) is 2.88. The van der Waals surface area contributed by atoms with Crippen LogP contribution in [0, 0.1) is 0 Å². The minimum absolute atomic E-state index is 0.0874. The molecule has 2 rings (SSSR count). The number of amides is 2. The minimum atomic E-state index is -0.537. The van der Waals surface area contributed by atoms with Crippen LogP contribution in [-0.4, -0.2) is 16.9 Å². The molecule has 0 saturated heterocycles. The van der Waals surface area contributed by atoms with Crippen molar-refractivity contribution in [2.24, 2.45) is 10.7 Å². The fourth-order valence-electron chi connectivity index (χ4n) is 1.16.